The molecule has 8 nitrogen and oxygen atoms in total. The van der Waals surface area contributed by atoms with Crippen LogP contribution in [0.15, 0.2) is 24.4 Å². The summed E-state index contributed by atoms with van der Waals surface area (Å²) in [7, 11) is 0. The number of pyridine rings is 1. The van der Waals surface area contributed by atoms with Gasteiger partial charge < -0.3 is 15.5 Å². The van der Waals surface area contributed by atoms with Crippen LogP contribution in [-0.2, 0) is 17.9 Å². The molecule has 25 heavy (non-hydrogen) atoms. The number of hydrogen-bond donors (Lipinski definition) is 2. The predicted octanol–water partition coefficient (Wildman–Crippen LogP) is 0.791. The Hall–Kier alpha value is -2.90. The lowest BCUT2D eigenvalue weighted by molar-refractivity contribution is -0.130. The van der Waals surface area contributed by atoms with Gasteiger partial charge in [0.2, 0.25) is 5.91 Å². The van der Waals surface area contributed by atoms with E-state index in [-0.39, 0.29) is 11.8 Å². The number of nitrogens with one attached hydrogen (secondary N) is 2. The van der Waals surface area contributed by atoms with Crippen LogP contribution in [-0.4, -0.2) is 51.1 Å². The van der Waals surface area contributed by atoms with Gasteiger partial charge in [0.1, 0.15) is 5.82 Å². The van der Waals surface area contributed by atoms with Crippen molar-refractivity contribution in [2.75, 3.05) is 25.0 Å². The third-order valence-electron chi connectivity index (χ3n) is 4.19. The molecule has 132 valence electrons. The molecule has 8 heteroatoms. The maximum atomic E-state index is 12.2. The van der Waals surface area contributed by atoms with Crippen molar-refractivity contribution >= 4 is 17.6 Å². The molecule has 1 aliphatic rings. The molecule has 0 saturated carbocycles. The van der Waals surface area contributed by atoms with Gasteiger partial charge in [-0.2, -0.15) is 5.10 Å². The number of carbonyl (C=O) groups is 2. The summed E-state index contributed by atoms with van der Waals surface area (Å²) < 4.78 is 1.80. The van der Waals surface area contributed by atoms with Crippen LogP contribution in [0, 0.1) is 6.92 Å². The second-order valence-electron chi connectivity index (χ2n) is 6.04. The Bertz CT molecular complexity index is 785. The number of carbonyl (C=O) groups excluding carboxylic acids is 2. The Morgan fingerprint density at radius 1 is 1.28 bits per heavy atom. The molecule has 2 aromatic heterocycles. The van der Waals surface area contributed by atoms with Gasteiger partial charge in [-0.15, -0.1) is 0 Å². The quantitative estimate of drug-likeness (QED) is 0.784. The summed E-state index contributed by atoms with van der Waals surface area (Å²) in [5, 5.41) is 10.4. The van der Waals surface area contributed by atoms with E-state index < -0.39 is 0 Å². The van der Waals surface area contributed by atoms with Crippen LogP contribution in [0.5, 0.6) is 0 Å². The third kappa shape index (κ3) is 3.96. The Morgan fingerprint density at radius 3 is 2.88 bits per heavy atom. The smallest absolute Gasteiger partial charge is 0.271 e. The van der Waals surface area contributed by atoms with Crippen LogP contribution in [0.2, 0.25) is 0 Å². The number of nitrogens with zero attached hydrogens (tertiary/aromatic N) is 4. The number of amides is 2. The molecule has 0 aromatic carbocycles. The molecule has 1 aliphatic heterocycles. The number of aromatic nitrogens is 3. The molecular formula is C17H22N6O2. The molecule has 0 radical (unpaired) electrons. The van der Waals surface area contributed by atoms with Gasteiger partial charge in [0.25, 0.3) is 5.91 Å². The number of hydrogen-bond acceptors (Lipinski definition) is 5. The van der Waals surface area contributed by atoms with E-state index in [1.54, 1.807) is 28.8 Å². The molecule has 0 unspecified atom stereocenters. The first-order valence-electron chi connectivity index (χ1n) is 8.30. The van der Waals surface area contributed by atoms with Gasteiger partial charge in [0.15, 0.2) is 5.69 Å². The fourth-order valence-corrected chi connectivity index (χ4v) is 2.76. The lowest BCUT2D eigenvalue weighted by Gasteiger charge is -2.26. The first-order chi connectivity index (χ1) is 12.0. The van der Waals surface area contributed by atoms with Crippen LogP contribution in [0.4, 0.5) is 5.82 Å². The molecule has 0 atom stereocenters. The summed E-state index contributed by atoms with van der Waals surface area (Å²) in [6.45, 7) is 6.31. The fraction of sp³-hybridized carbons (Fsp3) is 0.412. The van der Waals surface area contributed by atoms with E-state index in [1.807, 2.05) is 19.1 Å². The Balaban J connectivity index is 1.51. The lowest BCUT2D eigenvalue weighted by Crippen LogP contribution is -2.36. The summed E-state index contributed by atoms with van der Waals surface area (Å²) in [6.07, 6.45) is 1.73. The third-order valence-corrected chi connectivity index (χ3v) is 4.19. The highest BCUT2D eigenvalue weighted by atomic mass is 16.2. The molecule has 0 bridgehead atoms. The SMILES string of the molecule is CC(=O)N1CCn2nc(C(=O)NCCNc3ncccc3C)cc2C1. The predicted molar refractivity (Wildman–Crippen MR) is 93.1 cm³/mol. The molecule has 3 rings (SSSR count). The number of fused-ring (bicyclic) bond motifs is 1. The highest BCUT2D eigenvalue weighted by molar-refractivity contribution is 5.92. The highest BCUT2D eigenvalue weighted by Crippen LogP contribution is 2.14. The summed E-state index contributed by atoms with van der Waals surface area (Å²) in [6, 6.07) is 5.62. The number of aryl methyl sites for hydroxylation is 1. The van der Waals surface area contributed by atoms with Crippen LogP contribution >= 0.6 is 0 Å². The van der Waals surface area contributed by atoms with E-state index in [4.69, 9.17) is 0 Å². The van der Waals surface area contributed by atoms with Crippen molar-refractivity contribution < 1.29 is 9.59 Å². The molecule has 0 fully saturated rings. The minimum absolute atomic E-state index is 0.0364. The first-order valence-corrected chi connectivity index (χ1v) is 8.30. The maximum absolute atomic E-state index is 12.2. The molecule has 2 aromatic rings. The van der Waals surface area contributed by atoms with Crippen molar-refractivity contribution in [3.8, 4) is 0 Å². The minimum atomic E-state index is -0.212. The molecule has 2 amide bonds. The Kier molecular flexibility index (Phi) is 4.97. The van der Waals surface area contributed by atoms with E-state index >= 15 is 0 Å². The van der Waals surface area contributed by atoms with Crippen molar-refractivity contribution in [3.05, 3.63) is 41.3 Å². The molecule has 0 saturated heterocycles. The average Bonchev–Trinajstić information content (AvgIpc) is 3.03. The molecule has 3 heterocycles. The normalized spacial score (nSPS) is 13.3. The van der Waals surface area contributed by atoms with Crippen LogP contribution in [0.1, 0.15) is 28.7 Å². The van der Waals surface area contributed by atoms with Crippen LogP contribution < -0.4 is 10.6 Å². The number of rotatable bonds is 5. The van der Waals surface area contributed by atoms with Crippen LogP contribution in [0.25, 0.3) is 0 Å². The maximum Gasteiger partial charge on any atom is 0.271 e. The van der Waals surface area contributed by atoms with Crippen molar-refractivity contribution in [1.82, 2.24) is 25.0 Å². The van der Waals surface area contributed by atoms with Gasteiger partial charge in [0.05, 0.1) is 18.8 Å². The monoisotopic (exact) mass is 342 g/mol. The van der Waals surface area contributed by atoms with Gasteiger partial charge in [-0.25, -0.2) is 4.98 Å². The molecule has 0 spiro atoms. The van der Waals surface area contributed by atoms with E-state index in [0.717, 1.165) is 17.1 Å². The van der Waals surface area contributed by atoms with E-state index in [0.29, 0.717) is 38.4 Å². The zero-order valence-corrected chi connectivity index (χ0v) is 14.5. The second-order valence-corrected chi connectivity index (χ2v) is 6.04. The minimum Gasteiger partial charge on any atom is -0.368 e. The Labute approximate surface area is 146 Å². The van der Waals surface area contributed by atoms with E-state index in [1.165, 1.54) is 0 Å². The summed E-state index contributed by atoms with van der Waals surface area (Å²) in [4.78, 5) is 29.7. The van der Waals surface area contributed by atoms with Gasteiger partial charge in [0, 0.05) is 32.8 Å². The largest absolute Gasteiger partial charge is 0.368 e. The Morgan fingerprint density at radius 2 is 2.12 bits per heavy atom. The summed E-state index contributed by atoms with van der Waals surface area (Å²) >= 11 is 0. The van der Waals surface area contributed by atoms with Gasteiger partial charge in [-0.05, 0) is 24.6 Å². The topological polar surface area (TPSA) is 92.2 Å². The average molecular weight is 342 g/mol. The number of anilines is 1. The highest BCUT2D eigenvalue weighted by Gasteiger charge is 2.21. The molecule has 2 N–H and O–H groups in total. The summed E-state index contributed by atoms with van der Waals surface area (Å²) in [5.41, 5.74) is 2.33. The van der Waals surface area contributed by atoms with Gasteiger partial charge in [-0.3, -0.25) is 14.3 Å². The summed E-state index contributed by atoms with van der Waals surface area (Å²) in [5.74, 6) is 0.642. The van der Waals surface area contributed by atoms with E-state index in [9.17, 15) is 9.59 Å². The van der Waals surface area contributed by atoms with Crippen molar-refractivity contribution in [2.45, 2.75) is 26.9 Å². The van der Waals surface area contributed by atoms with Crippen molar-refractivity contribution in [2.24, 2.45) is 0 Å². The van der Waals surface area contributed by atoms with Gasteiger partial charge in [-0.1, -0.05) is 6.07 Å². The standard InChI is InChI=1S/C17H22N6O2/c1-12-4-3-5-18-16(12)19-6-7-20-17(25)15-10-14-11-22(13(2)24)8-9-23(14)21-15/h3-5,10H,6-9,11H2,1-2H3,(H,18,19)(H,20,25). The fourth-order valence-electron chi connectivity index (χ4n) is 2.76. The lowest BCUT2D eigenvalue weighted by atomic mass is 10.2. The van der Waals surface area contributed by atoms with Crippen molar-refractivity contribution in [3.63, 3.8) is 0 Å². The second kappa shape index (κ2) is 7.33. The molecule has 0 aliphatic carbocycles. The molecular weight excluding hydrogens is 320 g/mol. The zero-order valence-electron chi connectivity index (χ0n) is 14.5. The zero-order chi connectivity index (χ0) is 17.8. The van der Waals surface area contributed by atoms with Crippen LogP contribution in [0.3, 0.4) is 0 Å². The van der Waals surface area contributed by atoms with E-state index in [2.05, 4.69) is 20.7 Å². The first kappa shape index (κ1) is 16.9. The van der Waals surface area contributed by atoms with Gasteiger partial charge >= 0.3 is 0 Å². The van der Waals surface area contributed by atoms with Crippen molar-refractivity contribution in [1.29, 1.82) is 0 Å².